The fourth-order valence-corrected chi connectivity index (χ4v) is 4.25. The summed E-state index contributed by atoms with van der Waals surface area (Å²) < 4.78 is 7.45. The summed E-state index contributed by atoms with van der Waals surface area (Å²) in [5.41, 5.74) is 1.36. The van der Waals surface area contributed by atoms with Gasteiger partial charge in [0.2, 0.25) is 0 Å². The lowest BCUT2D eigenvalue weighted by atomic mass is 10.1. The first-order valence-corrected chi connectivity index (χ1v) is 9.78. The molecule has 2 aromatic carbocycles. The van der Waals surface area contributed by atoms with Crippen molar-refractivity contribution in [1.29, 1.82) is 5.26 Å². The van der Waals surface area contributed by atoms with Crippen LogP contribution in [0.5, 0.6) is 5.75 Å². The standard InChI is InChI=1S/C18H13ClI2N2O2/c1-2-25-17-15(20)8-11(9-16(17)21)7-12(10-22)18(24)23-14-5-3-13(19)4-6-14/h3-9H,2H2,1H3,(H,23,24)/b12-7-. The van der Waals surface area contributed by atoms with Crippen molar-refractivity contribution in [2.75, 3.05) is 11.9 Å². The molecule has 1 N–H and O–H groups in total. The zero-order chi connectivity index (χ0) is 18.4. The van der Waals surface area contributed by atoms with Gasteiger partial charge in [0.05, 0.1) is 13.7 Å². The Morgan fingerprint density at radius 1 is 1.28 bits per heavy atom. The number of ether oxygens (including phenoxy) is 1. The van der Waals surface area contributed by atoms with Crippen molar-refractivity contribution >= 4 is 74.5 Å². The molecule has 0 radical (unpaired) electrons. The number of carbonyl (C=O) groups is 1. The fourth-order valence-electron chi connectivity index (χ4n) is 1.99. The van der Waals surface area contributed by atoms with Crippen LogP contribution in [0, 0.1) is 18.5 Å². The van der Waals surface area contributed by atoms with Crippen LogP contribution in [0.2, 0.25) is 5.02 Å². The van der Waals surface area contributed by atoms with Gasteiger partial charge in [-0.05, 0) is 100 Å². The predicted molar refractivity (Wildman–Crippen MR) is 117 cm³/mol. The minimum absolute atomic E-state index is 0.0192. The molecule has 0 aliphatic heterocycles. The van der Waals surface area contributed by atoms with Crippen molar-refractivity contribution in [3.63, 3.8) is 0 Å². The number of rotatable bonds is 5. The van der Waals surface area contributed by atoms with E-state index in [2.05, 4.69) is 50.5 Å². The van der Waals surface area contributed by atoms with Gasteiger partial charge in [-0.25, -0.2) is 0 Å². The summed E-state index contributed by atoms with van der Waals surface area (Å²) in [5.74, 6) is 0.341. The molecule has 0 saturated heterocycles. The van der Waals surface area contributed by atoms with Crippen LogP contribution in [0.3, 0.4) is 0 Å². The molecule has 2 rings (SSSR count). The van der Waals surface area contributed by atoms with Crippen LogP contribution >= 0.6 is 56.8 Å². The molecule has 7 heteroatoms. The SMILES string of the molecule is CCOc1c(I)cc(/C=C(/C#N)C(=O)Nc2ccc(Cl)cc2)cc1I. The number of hydrogen-bond donors (Lipinski definition) is 1. The molecule has 0 atom stereocenters. The van der Waals surface area contributed by atoms with Crippen LogP contribution in [-0.2, 0) is 4.79 Å². The molecule has 0 saturated carbocycles. The molecule has 25 heavy (non-hydrogen) atoms. The average molecular weight is 579 g/mol. The topological polar surface area (TPSA) is 62.1 Å². The van der Waals surface area contributed by atoms with Gasteiger partial charge in [0.25, 0.3) is 5.91 Å². The Hall–Kier alpha value is -1.31. The fraction of sp³-hybridized carbons (Fsp3) is 0.111. The lowest BCUT2D eigenvalue weighted by Crippen LogP contribution is -2.13. The summed E-state index contributed by atoms with van der Waals surface area (Å²) in [5, 5.41) is 12.6. The molecule has 0 heterocycles. The number of carbonyl (C=O) groups excluding carboxylic acids is 1. The minimum atomic E-state index is -0.469. The van der Waals surface area contributed by atoms with Crippen molar-refractivity contribution < 1.29 is 9.53 Å². The highest BCUT2D eigenvalue weighted by Gasteiger charge is 2.12. The number of nitriles is 1. The number of nitrogens with zero attached hydrogens (tertiary/aromatic N) is 1. The van der Waals surface area contributed by atoms with Crippen LogP contribution in [0.1, 0.15) is 12.5 Å². The Morgan fingerprint density at radius 3 is 2.40 bits per heavy atom. The van der Waals surface area contributed by atoms with Gasteiger partial charge in [-0.2, -0.15) is 5.26 Å². The minimum Gasteiger partial charge on any atom is -0.492 e. The molecule has 0 fully saturated rings. The van der Waals surface area contributed by atoms with Crippen LogP contribution in [0.15, 0.2) is 42.0 Å². The summed E-state index contributed by atoms with van der Waals surface area (Å²) in [7, 11) is 0. The first-order valence-electron chi connectivity index (χ1n) is 7.25. The Bertz CT molecular complexity index is 835. The zero-order valence-electron chi connectivity index (χ0n) is 13.1. The predicted octanol–water partition coefficient (Wildman–Crippen LogP) is 5.49. The van der Waals surface area contributed by atoms with Crippen molar-refractivity contribution in [2.45, 2.75) is 6.92 Å². The molecule has 0 bridgehead atoms. The second-order valence-electron chi connectivity index (χ2n) is 4.88. The zero-order valence-corrected chi connectivity index (χ0v) is 18.2. The smallest absolute Gasteiger partial charge is 0.266 e. The third kappa shape index (κ3) is 5.59. The number of benzene rings is 2. The molecule has 0 spiro atoms. The summed E-state index contributed by atoms with van der Waals surface area (Å²) in [4.78, 5) is 12.3. The van der Waals surface area contributed by atoms with Crippen LogP contribution < -0.4 is 10.1 Å². The first kappa shape index (κ1) is 20.0. The lowest BCUT2D eigenvalue weighted by molar-refractivity contribution is -0.112. The van der Waals surface area contributed by atoms with Crippen molar-refractivity contribution in [3.8, 4) is 11.8 Å². The molecule has 1 amide bonds. The van der Waals surface area contributed by atoms with Gasteiger partial charge in [-0.1, -0.05) is 11.6 Å². The molecule has 2 aromatic rings. The third-order valence-corrected chi connectivity index (χ3v) is 4.94. The average Bonchev–Trinajstić information content (AvgIpc) is 2.58. The van der Waals surface area contributed by atoms with E-state index in [1.165, 1.54) is 0 Å². The van der Waals surface area contributed by atoms with E-state index in [-0.39, 0.29) is 5.57 Å². The number of hydrogen-bond acceptors (Lipinski definition) is 3. The molecule has 128 valence electrons. The number of halogens is 3. The Labute approximate surface area is 178 Å². The van der Waals surface area contributed by atoms with Gasteiger partial charge in [0.1, 0.15) is 17.4 Å². The summed E-state index contributed by atoms with van der Waals surface area (Å²) in [6, 6.07) is 12.4. The van der Waals surface area contributed by atoms with E-state index >= 15 is 0 Å². The van der Waals surface area contributed by atoms with E-state index in [0.717, 1.165) is 18.5 Å². The van der Waals surface area contributed by atoms with Gasteiger partial charge in [-0.15, -0.1) is 0 Å². The number of amides is 1. The molecule has 0 unspecified atom stereocenters. The third-order valence-electron chi connectivity index (χ3n) is 3.09. The normalized spacial score (nSPS) is 10.9. The maximum atomic E-state index is 12.3. The highest BCUT2D eigenvalue weighted by molar-refractivity contribution is 14.1. The molecule has 4 nitrogen and oxygen atoms in total. The largest absolute Gasteiger partial charge is 0.492 e. The highest BCUT2D eigenvalue weighted by Crippen LogP contribution is 2.29. The summed E-state index contributed by atoms with van der Waals surface area (Å²) in [6.07, 6.45) is 1.56. The van der Waals surface area contributed by atoms with E-state index in [1.807, 2.05) is 25.1 Å². The van der Waals surface area contributed by atoms with Crippen molar-refractivity contribution in [2.24, 2.45) is 0 Å². The molecular weight excluding hydrogens is 565 g/mol. The van der Waals surface area contributed by atoms with Crippen LogP contribution in [-0.4, -0.2) is 12.5 Å². The molecular formula is C18H13ClI2N2O2. The Morgan fingerprint density at radius 2 is 1.88 bits per heavy atom. The Balaban J connectivity index is 2.26. The Kier molecular flexibility index (Phi) is 7.53. The van der Waals surface area contributed by atoms with Crippen LogP contribution in [0.4, 0.5) is 5.69 Å². The van der Waals surface area contributed by atoms with E-state index in [0.29, 0.717) is 17.3 Å². The van der Waals surface area contributed by atoms with E-state index < -0.39 is 5.91 Å². The van der Waals surface area contributed by atoms with Crippen molar-refractivity contribution in [3.05, 3.63) is 59.7 Å². The van der Waals surface area contributed by atoms with E-state index in [1.54, 1.807) is 30.3 Å². The van der Waals surface area contributed by atoms with Gasteiger partial charge in [0.15, 0.2) is 0 Å². The number of anilines is 1. The van der Waals surface area contributed by atoms with Crippen molar-refractivity contribution in [1.82, 2.24) is 0 Å². The van der Waals surface area contributed by atoms with E-state index in [9.17, 15) is 10.1 Å². The maximum absolute atomic E-state index is 12.3. The second-order valence-corrected chi connectivity index (χ2v) is 7.64. The second kappa shape index (κ2) is 9.40. The van der Waals surface area contributed by atoms with Crippen LogP contribution in [0.25, 0.3) is 6.08 Å². The lowest BCUT2D eigenvalue weighted by Gasteiger charge is -2.10. The van der Waals surface area contributed by atoms with Gasteiger partial charge in [-0.3, -0.25) is 4.79 Å². The van der Waals surface area contributed by atoms with E-state index in [4.69, 9.17) is 16.3 Å². The highest BCUT2D eigenvalue weighted by atomic mass is 127. The molecule has 0 aliphatic rings. The quantitative estimate of drug-likeness (QED) is 0.290. The van der Waals surface area contributed by atoms with Gasteiger partial charge >= 0.3 is 0 Å². The summed E-state index contributed by atoms with van der Waals surface area (Å²) >= 11 is 10.2. The molecule has 0 aliphatic carbocycles. The molecule has 0 aromatic heterocycles. The first-order chi connectivity index (χ1) is 11.9. The monoisotopic (exact) mass is 578 g/mol. The van der Waals surface area contributed by atoms with Gasteiger partial charge < -0.3 is 10.1 Å². The maximum Gasteiger partial charge on any atom is 0.266 e. The van der Waals surface area contributed by atoms with Gasteiger partial charge in [0, 0.05) is 10.7 Å². The summed E-state index contributed by atoms with van der Waals surface area (Å²) in [6.45, 7) is 2.50. The number of nitrogens with one attached hydrogen (secondary N) is 1.